The monoisotopic (exact) mass is 368 g/mol. The van der Waals surface area contributed by atoms with Gasteiger partial charge < -0.3 is 0 Å². The Balaban J connectivity index is 2.44. The highest BCUT2D eigenvalue weighted by Crippen LogP contribution is 2.65. The van der Waals surface area contributed by atoms with E-state index >= 15 is 0 Å². The third-order valence-electron chi connectivity index (χ3n) is 3.84. The van der Waals surface area contributed by atoms with Crippen LogP contribution in [-0.2, 0) is 0 Å². The lowest BCUT2D eigenvalue weighted by Crippen LogP contribution is -2.48. The number of halogens is 6. The number of aryl methyl sites for hydroxylation is 2. The predicted octanol–water partition coefficient (Wildman–Crippen LogP) is 6.26. The van der Waals surface area contributed by atoms with Gasteiger partial charge in [0.15, 0.2) is 0 Å². The van der Waals surface area contributed by atoms with Gasteiger partial charge in [-0.2, -0.15) is 26.3 Å². The standard InChI is InChI=1S/C15H10F6S2/c1-7-3-5-22-11(7)9-10(12-8(2)4-6-23-12)14(18,19)15(20,21)13(9,16)17/h3-6H,1-2H3. The van der Waals surface area contributed by atoms with Crippen LogP contribution in [0.25, 0.3) is 11.1 Å². The maximum absolute atomic E-state index is 14.3. The van der Waals surface area contributed by atoms with Crippen LogP contribution in [0.15, 0.2) is 22.9 Å². The second-order valence-corrected chi connectivity index (χ2v) is 7.17. The molecule has 3 rings (SSSR count). The minimum absolute atomic E-state index is 0.227. The average Bonchev–Trinajstić information content (AvgIpc) is 3.05. The Morgan fingerprint density at radius 1 is 0.696 bits per heavy atom. The molecule has 23 heavy (non-hydrogen) atoms. The molecule has 0 bridgehead atoms. The minimum Gasteiger partial charge on any atom is -0.194 e. The fraction of sp³-hybridized carbons (Fsp3) is 0.333. The summed E-state index contributed by atoms with van der Waals surface area (Å²) >= 11 is 1.52. The van der Waals surface area contributed by atoms with E-state index in [1.54, 1.807) is 0 Å². The number of allylic oxidation sites excluding steroid dienone is 2. The summed E-state index contributed by atoms with van der Waals surface area (Å²) in [5.74, 6) is -15.4. The van der Waals surface area contributed by atoms with Crippen LogP contribution >= 0.6 is 22.7 Å². The van der Waals surface area contributed by atoms with Crippen LogP contribution < -0.4 is 0 Å². The van der Waals surface area contributed by atoms with Crippen molar-refractivity contribution in [2.24, 2.45) is 0 Å². The molecule has 0 atom stereocenters. The molecular formula is C15H10F6S2. The second-order valence-electron chi connectivity index (χ2n) is 5.34. The molecule has 1 aliphatic carbocycles. The van der Waals surface area contributed by atoms with Crippen LogP contribution in [-0.4, -0.2) is 17.8 Å². The Morgan fingerprint density at radius 2 is 1.04 bits per heavy atom. The molecule has 0 N–H and O–H groups in total. The van der Waals surface area contributed by atoms with Gasteiger partial charge in [0, 0.05) is 9.75 Å². The van der Waals surface area contributed by atoms with Gasteiger partial charge in [0.25, 0.3) is 0 Å². The van der Waals surface area contributed by atoms with E-state index in [0.29, 0.717) is 0 Å². The Morgan fingerprint density at radius 3 is 1.30 bits per heavy atom. The first-order chi connectivity index (χ1) is 10.5. The molecular weight excluding hydrogens is 358 g/mol. The van der Waals surface area contributed by atoms with Crippen molar-refractivity contribution in [3.8, 4) is 0 Å². The van der Waals surface area contributed by atoms with Crippen molar-refractivity contribution in [2.75, 3.05) is 0 Å². The van der Waals surface area contributed by atoms with Crippen LogP contribution in [0.4, 0.5) is 26.3 Å². The lowest BCUT2D eigenvalue weighted by molar-refractivity contribution is -0.254. The van der Waals surface area contributed by atoms with Crippen LogP contribution in [0.1, 0.15) is 20.9 Å². The van der Waals surface area contributed by atoms with Gasteiger partial charge in [0.2, 0.25) is 0 Å². The van der Waals surface area contributed by atoms with Crippen LogP contribution in [0.3, 0.4) is 0 Å². The summed E-state index contributed by atoms with van der Waals surface area (Å²) in [7, 11) is 0. The molecule has 0 spiro atoms. The molecule has 2 aromatic rings. The van der Waals surface area contributed by atoms with E-state index in [9.17, 15) is 26.3 Å². The number of hydrogen-bond donors (Lipinski definition) is 0. The van der Waals surface area contributed by atoms with Crippen molar-refractivity contribution in [1.29, 1.82) is 0 Å². The largest absolute Gasteiger partial charge is 0.380 e. The second kappa shape index (κ2) is 4.86. The van der Waals surface area contributed by atoms with Crippen molar-refractivity contribution in [2.45, 2.75) is 31.6 Å². The summed E-state index contributed by atoms with van der Waals surface area (Å²) < 4.78 is 85.1. The number of alkyl halides is 6. The number of hydrogen-bond acceptors (Lipinski definition) is 2. The molecule has 0 radical (unpaired) electrons. The molecule has 0 fully saturated rings. The summed E-state index contributed by atoms with van der Waals surface area (Å²) in [5.41, 5.74) is -1.98. The first-order valence-electron chi connectivity index (χ1n) is 6.51. The van der Waals surface area contributed by atoms with Gasteiger partial charge in [0.05, 0.1) is 11.1 Å². The highest BCUT2D eigenvalue weighted by atomic mass is 32.1. The molecule has 124 valence electrons. The molecule has 0 saturated carbocycles. The third kappa shape index (κ3) is 1.97. The fourth-order valence-electron chi connectivity index (χ4n) is 2.60. The van der Waals surface area contributed by atoms with Gasteiger partial charge in [-0.15, -0.1) is 22.7 Å². The maximum atomic E-state index is 14.3. The molecule has 0 nitrogen and oxygen atoms in total. The molecule has 0 aliphatic heterocycles. The molecule has 0 amide bonds. The van der Waals surface area contributed by atoms with E-state index in [1.165, 1.54) is 36.7 Å². The minimum atomic E-state index is -5.47. The summed E-state index contributed by atoms with van der Waals surface area (Å²) in [6, 6.07) is 2.88. The van der Waals surface area contributed by atoms with E-state index in [0.717, 1.165) is 22.7 Å². The zero-order chi connectivity index (χ0) is 17.2. The topological polar surface area (TPSA) is 0 Å². The highest BCUT2D eigenvalue weighted by molar-refractivity contribution is 7.12. The van der Waals surface area contributed by atoms with Crippen molar-refractivity contribution in [1.82, 2.24) is 0 Å². The highest BCUT2D eigenvalue weighted by Gasteiger charge is 2.80. The Hall–Kier alpha value is -1.28. The molecule has 1 aliphatic rings. The molecule has 8 heteroatoms. The first kappa shape index (κ1) is 16.6. The van der Waals surface area contributed by atoms with E-state index in [4.69, 9.17) is 0 Å². The molecule has 2 aromatic heterocycles. The van der Waals surface area contributed by atoms with Gasteiger partial charge in [0.1, 0.15) is 0 Å². The number of rotatable bonds is 2. The van der Waals surface area contributed by atoms with E-state index in [1.807, 2.05) is 0 Å². The zero-order valence-electron chi connectivity index (χ0n) is 11.9. The molecule has 0 saturated heterocycles. The maximum Gasteiger partial charge on any atom is 0.380 e. The quantitative estimate of drug-likeness (QED) is 0.549. The summed E-state index contributed by atoms with van der Waals surface area (Å²) in [4.78, 5) is -0.454. The van der Waals surface area contributed by atoms with E-state index < -0.39 is 28.9 Å². The normalized spacial score (nSPS) is 21.9. The van der Waals surface area contributed by atoms with E-state index in [-0.39, 0.29) is 20.9 Å². The van der Waals surface area contributed by atoms with Gasteiger partial charge >= 0.3 is 17.8 Å². The fourth-order valence-corrected chi connectivity index (χ4v) is 4.62. The van der Waals surface area contributed by atoms with Gasteiger partial charge in [-0.1, -0.05) is 0 Å². The summed E-state index contributed by atoms with van der Waals surface area (Å²) in [6.45, 7) is 2.87. The van der Waals surface area contributed by atoms with Crippen LogP contribution in [0.5, 0.6) is 0 Å². The lowest BCUT2D eigenvalue weighted by Gasteiger charge is -2.25. The van der Waals surface area contributed by atoms with Gasteiger partial charge in [-0.3, -0.25) is 0 Å². The molecule has 0 unspecified atom stereocenters. The third-order valence-corrected chi connectivity index (χ3v) is 5.91. The van der Waals surface area contributed by atoms with Gasteiger partial charge in [-0.25, -0.2) is 0 Å². The van der Waals surface area contributed by atoms with Crippen LogP contribution in [0.2, 0.25) is 0 Å². The molecule has 2 heterocycles. The van der Waals surface area contributed by atoms with E-state index in [2.05, 4.69) is 0 Å². The molecule has 0 aromatic carbocycles. The smallest absolute Gasteiger partial charge is 0.194 e. The first-order valence-corrected chi connectivity index (χ1v) is 8.27. The van der Waals surface area contributed by atoms with Crippen molar-refractivity contribution >= 4 is 33.8 Å². The summed E-state index contributed by atoms with van der Waals surface area (Å²) in [5, 5.41) is 2.84. The van der Waals surface area contributed by atoms with Crippen molar-refractivity contribution in [3.63, 3.8) is 0 Å². The Kier molecular flexibility index (Phi) is 3.50. The lowest BCUT2D eigenvalue weighted by atomic mass is 10.0. The number of thiophene rings is 2. The SMILES string of the molecule is Cc1ccsc1C1=C(c2sccc2C)C(F)(F)C(F)(F)C1(F)F. The Bertz CT molecular complexity index is 732. The van der Waals surface area contributed by atoms with Crippen molar-refractivity contribution < 1.29 is 26.3 Å². The van der Waals surface area contributed by atoms with Crippen molar-refractivity contribution in [3.05, 3.63) is 43.8 Å². The van der Waals surface area contributed by atoms with Gasteiger partial charge in [-0.05, 0) is 47.9 Å². The zero-order valence-corrected chi connectivity index (χ0v) is 13.5. The van der Waals surface area contributed by atoms with Crippen LogP contribution in [0, 0.1) is 13.8 Å². The average molecular weight is 368 g/mol. The predicted molar refractivity (Wildman–Crippen MR) is 79.8 cm³/mol. The summed E-state index contributed by atoms with van der Waals surface area (Å²) in [6.07, 6.45) is 0. The Labute approximate surface area is 136 Å².